The van der Waals surface area contributed by atoms with Crippen LogP contribution in [-0.4, -0.2) is 16.1 Å². The van der Waals surface area contributed by atoms with Crippen molar-refractivity contribution in [2.75, 3.05) is 6.54 Å². The van der Waals surface area contributed by atoms with Crippen molar-refractivity contribution in [2.24, 2.45) is 0 Å². The van der Waals surface area contributed by atoms with E-state index in [0.717, 1.165) is 16.7 Å². The highest BCUT2D eigenvalue weighted by Crippen LogP contribution is 2.23. The summed E-state index contributed by atoms with van der Waals surface area (Å²) >= 11 is 0. The minimum atomic E-state index is -0.387. The van der Waals surface area contributed by atoms with Gasteiger partial charge in [-0.05, 0) is 31.2 Å². The minimum absolute atomic E-state index is 0.0410. The van der Waals surface area contributed by atoms with Crippen molar-refractivity contribution >= 4 is 22.2 Å². The summed E-state index contributed by atoms with van der Waals surface area (Å²) in [5, 5.41) is 4.45. The SMILES string of the molecule is C[C@H](NCCn1c(=O)oc2cccnc21)c1cc2ccccc2o1. The first kappa shape index (κ1) is 14.7. The second-order valence-electron chi connectivity index (χ2n) is 5.71. The number of furan rings is 1. The maximum atomic E-state index is 11.9. The minimum Gasteiger partial charge on any atom is -0.459 e. The van der Waals surface area contributed by atoms with Gasteiger partial charge in [-0.3, -0.25) is 4.57 Å². The van der Waals surface area contributed by atoms with Crippen molar-refractivity contribution in [3.63, 3.8) is 0 Å². The van der Waals surface area contributed by atoms with Crippen LogP contribution in [0.4, 0.5) is 0 Å². The molecule has 4 rings (SSSR count). The van der Waals surface area contributed by atoms with E-state index in [0.29, 0.717) is 24.3 Å². The van der Waals surface area contributed by atoms with Gasteiger partial charge in [0, 0.05) is 24.7 Å². The van der Waals surface area contributed by atoms with E-state index in [1.165, 1.54) is 4.57 Å². The fraction of sp³-hybridized carbons (Fsp3) is 0.222. The van der Waals surface area contributed by atoms with Crippen LogP contribution in [0, 0.1) is 0 Å². The first-order valence-corrected chi connectivity index (χ1v) is 7.88. The fourth-order valence-corrected chi connectivity index (χ4v) is 2.81. The molecule has 0 radical (unpaired) electrons. The van der Waals surface area contributed by atoms with Gasteiger partial charge in [0.2, 0.25) is 0 Å². The van der Waals surface area contributed by atoms with Gasteiger partial charge < -0.3 is 14.2 Å². The molecular weight excluding hydrogens is 306 g/mol. The lowest BCUT2D eigenvalue weighted by Gasteiger charge is -2.11. The summed E-state index contributed by atoms with van der Waals surface area (Å²) in [6, 6.07) is 13.5. The molecule has 0 fully saturated rings. The van der Waals surface area contributed by atoms with Crippen molar-refractivity contribution in [3.8, 4) is 0 Å². The van der Waals surface area contributed by atoms with Crippen molar-refractivity contribution < 1.29 is 8.83 Å². The third-order valence-corrected chi connectivity index (χ3v) is 4.08. The molecule has 24 heavy (non-hydrogen) atoms. The third-order valence-electron chi connectivity index (χ3n) is 4.08. The largest absolute Gasteiger partial charge is 0.459 e. The first-order valence-electron chi connectivity index (χ1n) is 7.88. The van der Waals surface area contributed by atoms with Crippen LogP contribution in [0.1, 0.15) is 18.7 Å². The molecule has 0 amide bonds. The number of hydrogen-bond donors (Lipinski definition) is 1. The predicted octanol–water partition coefficient (Wildman–Crippen LogP) is 3.09. The van der Waals surface area contributed by atoms with Gasteiger partial charge in [-0.2, -0.15) is 0 Å². The van der Waals surface area contributed by atoms with Gasteiger partial charge in [-0.25, -0.2) is 9.78 Å². The van der Waals surface area contributed by atoms with E-state index in [4.69, 9.17) is 8.83 Å². The second kappa shape index (κ2) is 5.98. The topological polar surface area (TPSA) is 73.2 Å². The molecule has 0 aliphatic carbocycles. The number of aromatic nitrogens is 2. The Labute approximate surface area is 137 Å². The zero-order valence-electron chi connectivity index (χ0n) is 13.2. The van der Waals surface area contributed by atoms with E-state index >= 15 is 0 Å². The van der Waals surface area contributed by atoms with Gasteiger partial charge in [-0.15, -0.1) is 0 Å². The smallest absolute Gasteiger partial charge is 0.421 e. The van der Waals surface area contributed by atoms with E-state index in [-0.39, 0.29) is 11.8 Å². The second-order valence-corrected chi connectivity index (χ2v) is 5.71. The monoisotopic (exact) mass is 323 g/mol. The number of pyridine rings is 1. The molecule has 6 nitrogen and oxygen atoms in total. The number of fused-ring (bicyclic) bond motifs is 2. The zero-order valence-corrected chi connectivity index (χ0v) is 13.2. The van der Waals surface area contributed by atoms with Crippen molar-refractivity contribution in [1.82, 2.24) is 14.9 Å². The Morgan fingerprint density at radius 1 is 1.17 bits per heavy atom. The molecule has 0 aliphatic heterocycles. The number of rotatable bonds is 5. The Kier molecular flexibility index (Phi) is 3.66. The van der Waals surface area contributed by atoms with Crippen LogP contribution in [0.25, 0.3) is 22.2 Å². The maximum absolute atomic E-state index is 11.9. The predicted molar refractivity (Wildman–Crippen MR) is 90.9 cm³/mol. The highest BCUT2D eigenvalue weighted by atomic mass is 16.4. The molecule has 0 unspecified atom stereocenters. The average molecular weight is 323 g/mol. The highest BCUT2D eigenvalue weighted by Gasteiger charge is 2.13. The summed E-state index contributed by atoms with van der Waals surface area (Å²) < 4.78 is 12.6. The molecule has 0 aliphatic rings. The van der Waals surface area contributed by atoms with Crippen LogP contribution in [0.3, 0.4) is 0 Å². The standard InChI is InChI=1S/C18H17N3O3/c1-12(16-11-13-5-2-3-6-14(13)23-16)19-9-10-21-17-15(24-18(21)22)7-4-8-20-17/h2-8,11-12,19H,9-10H2,1H3/t12-/m0/s1. The molecule has 3 aromatic heterocycles. The summed E-state index contributed by atoms with van der Waals surface area (Å²) in [6.45, 7) is 3.11. The summed E-state index contributed by atoms with van der Waals surface area (Å²) in [5.74, 6) is 0.487. The van der Waals surface area contributed by atoms with Crippen LogP contribution in [0.15, 0.2) is 62.3 Å². The lowest BCUT2D eigenvalue weighted by Crippen LogP contribution is -2.26. The number of benzene rings is 1. The molecule has 1 atom stereocenters. The molecule has 6 heteroatoms. The third kappa shape index (κ3) is 2.61. The van der Waals surface area contributed by atoms with Crippen LogP contribution < -0.4 is 11.1 Å². The molecule has 4 aromatic rings. The molecule has 1 N–H and O–H groups in total. The average Bonchev–Trinajstić information content (AvgIpc) is 3.16. The van der Waals surface area contributed by atoms with Gasteiger partial charge in [0.1, 0.15) is 11.3 Å². The van der Waals surface area contributed by atoms with Gasteiger partial charge in [0.25, 0.3) is 0 Å². The number of nitrogens with zero attached hydrogens (tertiary/aromatic N) is 2. The summed E-state index contributed by atoms with van der Waals surface area (Å²) in [4.78, 5) is 16.1. The molecule has 1 aromatic carbocycles. The summed E-state index contributed by atoms with van der Waals surface area (Å²) in [5.41, 5.74) is 1.95. The quantitative estimate of drug-likeness (QED) is 0.611. The number of para-hydroxylation sites is 1. The van der Waals surface area contributed by atoms with Crippen LogP contribution >= 0.6 is 0 Å². The Bertz CT molecular complexity index is 1010. The van der Waals surface area contributed by atoms with Crippen molar-refractivity contribution in [3.05, 3.63) is 65.0 Å². The number of oxazole rings is 1. The fourth-order valence-electron chi connectivity index (χ4n) is 2.81. The van der Waals surface area contributed by atoms with Crippen LogP contribution in [0.2, 0.25) is 0 Å². The molecule has 0 spiro atoms. The Morgan fingerprint density at radius 3 is 2.88 bits per heavy atom. The zero-order chi connectivity index (χ0) is 16.5. The van der Waals surface area contributed by atoms with Crippen LogP contribution in [-0.2, 0) is 6.54 Å². The lowest BCUT2D eigenvalue weighted by molar-refractivity contribution is 0.432. The molecule has 3 heterocycles. The van der Waals surface area contributed by atoms with Crippen LogP contribution in [0.5, 0.6) is 0 Å². The molecule has 0 bridgehead atoms. The molecule has 122 valence electrons. The Balaban J connectivity index is 1.46. The highest BCUT2D eigenvalue weighted by molar-refractivity contribution is 5.77. The van der Waals surface area contributed by atoms with E-state index in [2.05, 4.69) is 10.3 Å². The van der Waals surface area contributed by atoms with Gasteiger partial charge in [0.05, 0.1) is 6.04 Å². The Hall–Kier alpha value is -2.86. The Morgan fingerprint density at radius 2 is 2.00 bits per heavy atom. The van der Waals surface area contributed by atoms with E-state index < -0.39 is 0 Å². The normalized spacial score (nSPS) is 12.9. The molecule has 0 saturated heterocycles. The number of hydrogen-bond acceptors (Lipinski definition) is 5. The lowest BCUT2D eigenvalue weighted by atomic mass is 10.2. The van der Waals surface area contributed by atoms with Gasteiger partial charge >= 0.3 is 5.76 Å². The molecule has 0 saturated carbocycles. The first-order chi connectivity index (χ1) is 11.7. The summed E-state index contributed by atoms with van der Waals surface area (Å²) in [7, 11) is 0. The van der Waals surface area contributed by atoms with Crippen molar-refractivity contribution in [1.29, 1.82) is 0 Å². The number of nitrogens with one attached hydrogen (secondary N) is 1. The van der Waals surface area contributed by atoms with E-state index in [9.17, 15) is 4.79 Å². The van der Waals surface area contributed by atoms with E-state index in [1.54, 1.807) is 18.3 Å². The van der Waals surface area contributed by atoms with E-state index in [1.807, 2.05) is 37.3 Å². The van der Waals surface area contributed by atoms with Gasteiger partial charge in [-0.1, -0.05) is 18.2 Å². The van der Waals surface area contributed by atoms with Crippen molar-refractivity contribution in [2.45, 2.75) is 19.5 Å². The van der Waals surface area contributed by atoms with Gasteiger partial charge in [0.15, 0.2) is 11.2 Å². The molecular formula is C18H17N3O3. The maximum Gasteiger partial charge on any atom is 0.421 e. The summed E-state index contributed by atoms with van der Waals surface area (Å²) in [6.07, 6.45) is 1.65.